The number of nitrogens with zero attached hydrogens (tertiary/aromatic N) is 1. The molecule has 0 spiro atoms. The van der Waals surface area contributed by atoms with Gasteiger partial charge in [0.25, 0.3) is 0 Å². The van der Waals surface area contributed by atoms with E-state index in [1.807, 2.05) is 0 Å². The van der Waals surface area contributed by atoms with Crippen LogP contribution in [0, 0.1) is 0 Å². The van der Waals surface area contributed by atoms with E-state index in [2.05, 4.69) is 25.9 Å². The minimum Gasteiger partial charge on any atom is -0.508 e. The molecule has 1 heterocycles. The number of aliphatic carboxylic acids is 1. The quantitative estimate of drug-likeness (QED) is 0.139. The van der Waals surface area contributed by atoms with Crippen LogP contribution in [-0.4, -0.2) is 73.9 Å². The van der Waals surface area contributed by atoms with Crippen molar-refractivity contribution in [1.29, 1.82) is 0 Å². The van der Waals surface area contributed by atoms with Gasteiger partial charge in [-0.05, 0) is 31.0 Å². The molecule has 1 aromatic carbocycles. The van der Waals surface area contributed by atoms with Crippen molar-refractivity contribution in [3.8, 4) is 5.75 Å². The molecule has 0 saturated carbocycles. The summed E-state index contributed by atoms with van der Waals surface area (Å²) in [6.07, 6.45) is 2.65. The molecular formula is C23H31N7O7. The molecule has 14 nitrogen and oxygen atoms in total. The van der Waals surface area contributed by atoms with E-state index >= 15 is 0 Å². The van der Waals surface area contributed by atoms with Crippen LogP contribution < -0.4 is 27.4 Å². The number of hydrogen-bond donors (Lipinski definition) is 8. The average Bonchev–Trinajstić information content (AvgIpc) is 3.35. The van der Waals surface area contributed by atoms with E-state index in [0.29, 0.717) is 11.3 Å². The van der Waals surface area contributed by atoms with Gasteiger partial charge >= 0.3 is 5.97 Å². The molecule has 4 amide bonds. The van der Waals surface area contributed by atoms with Crippen molar-refractivity contribution in [2.24, 2.45) is 11.5 Å². The second-order valence-corrected chi connectivity index (χ2v) is 8.45. The third-order valence-electron chi connectivity index (χ3n) is 5.39. The van der Waals surface area contributed by atoms with Crippen molar-refractivity contribution in [3.05, 3.63) is 48.0 Å². The predicted octanol–water partition coefficient (Wildman–Crippen LogP) is -1.95. The summed E-state index contributed by atoms with van der Waals surface area (Å²) >= 11 is 0. The van der Waals surface area contributed by atoms with Gasteiger partial charge in [-0.3, -0.25) is 19.2 Å². The summed E-state index contributed by atoms with van der Waals surface area (Å²) in [7, 11) is 0. The number of phenols is 1. The maximum absolute atomic E-state index is 13.0. The zero-order chi connectivity index (χ0) is 27.5. The van der Waals surface area contributed by atoms with Gasteiger partial charge in [0.15, 0.2) is 0 Å². The first-order valence-electron chi connectivity index (χ1n) is 11.4. The summed E-state index contributed by atoms with van der Waals surface area (Å²) in [4.78, 5) is 67.4. The Hall–Kier alpha value is -4.46. The number of H-pyrrole nitrogens is 1. The number of nitrogens with one attached hydrogen (secondary N) is 4. The minimum absolute atomic E-state index is 0.00689. The van der Waals surface area contributed by atoms with Crippen molar-refractivity contribution < 1.29 is 34.2 Å². The first-order chi connectivity index (χ1) is 17.5. The number of carbonyl (C=O) groups is 5. The van der Waals surface area contributed by atoms with Crippen LogP contribution in [0.3, 0.4) is 0 Å². The largest absolute Gasteiger partial charge is 0.508 e. The summed E-state index contributed by atoms with van der Waals surface area (Å²) in [5.41, 5.74) is 11.9. The van der Waals surface area contributed by atoms with Crippen LogP contribution in [0.2, 0.25) is 0 Å². The SMILES string of the molecule is CC(NC(=O)C(Cc1cnc[nH]1)NC(=O)C(N)CCC(N)=O)C(=O)NC(Cc1ccc(O)cc1)C(=O)O. The zero-order valence-electron chi connectivity index (χ0n) is 20.1. The van der Waals surface area contributed by atoms with E-state index in [1.54, 1.807) is 0 Å². The minimum atomic E-state index is -1.29. The molecule has 0 aliphatic carbocycles. The molecule has 0 radical (unpaired) electrons. The van der Waals surface area contributed by atoms with Crippen LogP contribution in [0.15, 0.2) is 36.8 Å². The highest BCUT2D eigenvalue weighted by Gasteiger charge is 2.29. The zero-order valence-corrected chi connectivity index (χ0v) is 20.1. The summed E-state index contributed by atoms with van der Waals surface area (Å²) in [6.45, 7) is 1.36. The Morgan fingerprint density at radius 3 is 2.19 bits per heavy atom. The Labute approximate surface area is 212 Å². The first-order valence-corrected chi connectivity index (χ1v) is 11.4. The Morgan fingerprint density at radius 2 is 1.62 bits per heavy atom. The Balaban J connectivity index is 2.03. The van der Waals surface area contributed by atoms with Gasteiger partial charge < -0.3 is 42.6 Å². The lowest BCUT2D eigenvalue weighted by molar-refractivity contribution is -0.142. The topological polar surface area (TPSA) is 243 Å². The lowest BCUT2D eigenvalue weighted by atomic mass is 10.1. The highest BCUT2D eigenvalue weighted by Crippen LogP contribution is 2.11. The predicted molar refractivity (Wildman–Crippen MR) is 130 cm³/mol. The maximum atomic E-state index is 13.0. The number of amides is 4. The highest BCUT2D eigenvalue weighted by atomic mass is 16.4. The van der Waals surface area contributed by atoms with E-state index in [4.69, 9.17) is 11.5 Å². The molecule has 0 saturated heterocycles. The Bertz CT molecular complexity index is 1090. The third-order valence-corrected chi connectivity index (χ3v) is 5.39. The van der Waals surface area contributed by atoms with Crippen LogP contribution in [0.5, 0.6) is 5.75 Å². The highest BCUT2D eigenvalue weighted by molar-refractivity contribution is 5.94. The van der Waals surface area contributed by atoms with E-state index in [1.165, 1.54) is 43.7 Å². The molecule has 37 heavy (non-hydrogen) atoms. The van der Waals surface area contributed by atoms with Crippen LogP contribution in [-0.2, 0) is 36.8 Å². The number of carbonyl (C=O) groups excluding carboxylic acids is 4. The molecule has 4 atom stereocenters. The number of imidazole rings is 1. The van der Waals surface area contributed by atoms with Gasteiger partial charge in [0, 0.05) is 31.2 Å². The smallest absolute Gasteiger partial charge is 0.326 e. The van der Waals surface area contributed by atoms with E-state index < -0.39 is 53.8 Å². The number of rotatable bonds is 14. The van der Waals surface area contributed by atoms with Crippen LogP contribution in [0.1, 0.15) is 31.0 Å². The first kappa shape index (κ1) is 28.8. The van der Waals surface area contributed by atoms with Crippen molar-refractivity contribution in [2.75, 3.05) is 0 Å². The lowest BCUT2D eigenvalue weighted by Gasteiger charge is -2.23. The molecule has 0 aliphatic rings. The lowest BCUT2D eigenvalue weighted by Crippen LogP contribution is -2.57. The van der Waals surface area contributed by atoms with Gasteiger partial charge in [-0.25, -0.2) is 9.78 Å². The summed E-state index contributed by atoms with van der Waals surface area (Å²) in [5, 5.41) is 26.2. The van der Waals surface area contributed by atoms with Gasteiger partial charge in [-0.15, -0.1) is 0 Å². The standard InChI is InChI=1S/C23H31N7O7/c1-12(20(33)30-18(23(36)37)8-13-2-4-15(31)5-3-13)28-22(35)17(9-14-10-26-11-27-14)29-21(34)16(24)6-7-19(25)32/h2-5,10-12,16-18,31H,6-9,24H2,1H3,(H2,25,32)(H,26,27)(H,28,35)(H,29,34)(H,30,33)(H,36,37). The van der Waals surface area contributed by atoms with E-state index in [0.717, 1.165) is 0 Å². The second kappa shape index (κ2) is 13.6. The molecular weight excluding hydrogens is 486 g/mol. The maximum Gasteiger partial charge on any atom is 0.326 e. The summed E-state index contributed by atoms with van der Waals surface area (Å²) in [5.74, 6) is -4.07. The van der Waals surface area contributed by atoms with Crippen LogP contribution >= 0.6 is 0 Å². The normalized spacial score (nSPS) is 14.0. The number of primary amides is 1. The number of phenolic OH excluding ortho intramolecular Hbond substituents is 1. The molecule has 2 aromatic rings. The summed E-state index contributed by atoms with van der Waals surface area (Å²) in [6, 6.07) is 1.15. The monoisotopic (exact) mass is 517 g/mol. The Morgan fingerprint density at radius 1 is 0.973 bits per heavy atom. The third kappa shape index (κ3) is 9.60. The fraction of sp³-hybridized carbons (Fsp3) is 0.391. The van der Waals surface area contributed by atoms with Gasteiger partial charge in [0.2, 0.25) is 23.6 Å². The fourth-order valence-electron chi connectivity index (χ4n) is 3.28. The molecule has 0 aliphatic heterocycles. The van der Waals surface area contributed by atoms with E-state index in [9.17, 15) is 34.2 Å². The van der Waals surface area contributed by atoms with Crippen molar-refractivity contribution in [1.82, 2.24) is 25.9 Å². The molecule has 4 unspecified atom stereocenters. The number of aromatic amines is 1. The van der Waals surface area contributed by atoms with Crippen LogP contribution in [0.4, 0.5) is 0 Å². The fourth-order valence-corrected chi connectivity index (χ4v) is 3.28. The van der Waals surface area contributed by atoms with Crippen LogP contribution in [0.25, 0.3) is 0 Å². The number of carboxylic acid groups (broad SMARTS) is 1. The molecule has 1 aromatic heterocycles. The number of benzene rings is 1. The number of hydrogen-bond acceptors (Lipinski definition) is 8. The molecule has 0 fully saturated rings. The summed E-state index contributed by atoms with van der Waals surface area (Å²) < 4.78 is 0. The molecule has 2 rings (SSSR count). The van der Waals surface area contributed by atoms with Crippen molar-refractivity contribution >= 4 is 29.6 Å². The average molecular weight is 518 g/mol. The van der Waals surface area contributed by atoms with Crippen molar-refractivity contribution in [3.63, 3.8) is 0 Å². The van der Waals surface area contributed by atoms with Gasteiger partial charge in [0.05, 0.1) is 12.4 Å². The Kier molecular flexibility index (Phi) is 10.6. The number of aromatic hydroxyl groups is 1. The molecule has 0 bridgehead atoms. The van der Waals surface area contributed by atoms with Gasteiger partial charge in [-0.2, -0.15) is 0 Å². The van der Waals surface area contributed by atoms with Gasteiger partial charge in [-0.1, -0.05) is 12.1 Å². The number of nitrogens with two attached hydrogens (primary N) is 2. The van der Waals surface area contributed by atoms with E-state index in [-0.39, 0.29) is 31.4 Å². The molecule has 200 valence electrons. The second-order valence-electron chi connectivity index (χ2n) is 8.45. The van der Waals surface area contributed by atoms with Crippen molar-refractivity contribution in [2.45, 2.75) is 56.8 Å². The number of aromatic nitrogens is 2. The number of carboxylic acids is 1. The van der Waals surface area contributed by atoms with Gasteiger partial charge in [0.1, 0.15) is 23.9 Å². The molecule has 14 heteroatoms. The molecule has 10 N–H and O–H groups in total.